The van der Waals surface area contributed by atoms with E-state index in [1.807, 2.05) is 20.2 Å². The molecule has 1 aromatic heterocycles. The molecule has 14 heavy (non-hydrogen) atoms. The monoisotopic (exact) mass is 192 g/mol. The van der Waals surface area contributed by atoms with Crippen molar-refractivity contribution in [3.05, 3.63) is 17.5 Å². The van der Waals surface area contributed by atoms with Crippen molar-refractivity contribution in [3.8, 4) is 0 Å². The third-order valence-corrected chi connectivity index (χ3v) is 2.44. The molecule has 1 saturated carbocycles. The SMILES string of the molecule is CNc1ncc(C)c(CNC2CC2)n1. The Balaban J connectivity index is 2.04. The van der Waals surface area contributed by atoms with Gasteiger partial charge in [0.05, 0.1) is 5.69 Å². The van der Waals surface area contributed by atoms with Crippen molar-refractivity contribution < 1.29 is 0 Å². The van der Waals surface area contributed by atoms with Gasteiger partial charge in [-0.25, -0.2) is 9.97 Å². The van der Waals surface area contributed by atoms with Crippen LogP contribution in [-0.2, 0) is 6.54 Å². The fourth-order valence-corrected chi connectivity index (χ4v) is 1.31. The van der Waals surface area contributed by atoms with E-state index < -0.39 is 0 Å². The van der Waals surface area contributed by atoms with Gasteiger partial charge in [0.25, 0.3) is 0 Å². The van der Waals surface area contributed by atoms with Gasteiger partial charge in [-0.2, -0.15) is 0 Å². The highest BCUT2D eigenvalue weighted by molar-refractivity contribution is 5.28. The van der Waals surface area contributed by atoms with Crippen LogP contribution in [0.15, 0.2) is 6.20 Å². The van der Waals surface area contributed by atoms with Crippen molar-refractivity contribution in [2.75, 3.05) is 12.4 Å². The second kappa shape index (κ2) is 3.92. The molecule has 0 aromatic carbocycles. The lowest BCUT2D eigenvalue weighted by Gasteiger charge is -2.07. The number of hydrogen-bond acceptors (Lipinski definition) is 4. The smallest absolute Gasteiger partial charge is 0.222 e. The number of hydrogen-bond donors (Lipinski definition) is 2. The topological polar surface area (TPSA) is 49.8 Å². The minimum atomic E-state index is 0.697. The van der Waals surface area contributed by atoms with E-state index in [-0.39, 0.29) is 0 Å². The van der Waals surface area contributed by atoms with E-state index in [1.165, 1.54) is 12.8 Å². The summed E-state index contributed by atoms with van der Waals surface area (Å²) >= 11 is 0. The summed E-state index contributed by atoms with van der Waals surface area (Å²) in [5.74, 6) is 0.697. The van der Waals surface area contributed by atoms with E-state index in [0.29, 0.717) is 5.95 Å². The largest absolute Gasteiger partial charge is 0.357 e. The lowest BCUT2D eigenvalue weighted by atomic mass is 10.2. The third-order valence-electron chi connectivity index (χ3n) is 2.44. The molecular weight excluding hydrogens is 176 g/mol. The Morgan fingerprint density at radius 3 is 2.93 bits per heavy atom. The predicted octanol–water partition coefficient (Wildman–Crippen LogP) is 1.08. The molecule has 0 aliphatic heterocycles. The maximum Gasteiger partial charge on any atom is 0.222 e. The van der Waals surface area contributed by atoms with Gasteiger partial charge in [0.15, 0.2) is 0 Å². The van der Waals surface area contributed by atoms with Gasteiger partial charge in [0.2, 0.25) is 5.95 Å². The zero-order chi connectivity index (χ0) is 9.97. The summed E-state index contributed by atoms with van der Waals surface area (Å²) in [6, 6.07) is 0.724. The lowest BCUT2D eigenvalue weighted by Crippen LogP contribution is -2.17. The van der Waals surface area contributed by atoms with Crippen LogP contribution in [0.3, 0.4) is 0 Å². The highest BCUT2D eigenvalue weighted by Gasteiger charge is 2.20. The number of anilines is 1. The maximum atomic E-state index is 4.41. The van der Waals surface area contributed by atoms with Crippen LogP contribution in [0.5, 0.6) is 0 Å². The summed E-state index contributed by atoms with van der Waals surface area (Å²) in [5.41, 5.74) is 2.24. The second-order valence-corrected chi connectivity index (χ2v) is 3.73. The van der Waals surface area contributed by atoms with Gasteiger partial charge in [-0.1, -0.05) is 0 Å². The molecule has 0 unspecified atom stereocenters. The fourth-order valence-electron chi connectivity index (χ4n) is 1.31. The molecule has 1 aliphatic rings. The van der Waals surface area contributed by atoms with Crippen molar-refractivity contribution in [3.63, 3.8) is 0 Å². The van der Waals surface area contributed by atoms with Gasteiger partial charge >= 0.3 is 0 Å². The van der Waals surface area contributed by atoms with Crippen molar-refractivity contribution in [1.82, 2.24) is 15.3 Å². The molecule has 4 heteroatoms. The molecule has 4 nitrogen and oxygen atoms in total. The van der Waals surface area contributed by atoms with Crippen molar-refractivity contribution in [2.24, 2.45) is 0 Å². The Morgan fingerprint density at radius 1 is 1.50 bits per heavy atom. The normalized spacial score (nSPS) is 15.6. The first kappa shape index (κ1) is 9.40. The lowest BCUT2D eigenvalue weighted by molar-refractivity contribution is 0.670. The minimum Gasteiger partial charge on any atom is -0.357 e. The standard InChI is InChI=1S/C10H16N4/c1-7-5-13-10(11-2)14-9(7)6-12-8-3-4-8/h5,8,12H,3-4,6H2,1-2H3,(H,11,13,14). The second-order valence-electron chi connectivity index (χ2n) is 3.73. The summed E-state index contributed by atoms with van der Waals surface area (Å²) in [6.07, 6.45) is 4.48. The molecule has 0 bridgehead atoms. The van der Waals surface area contributed by atoms with Gasteiger partial charge in [-0.05, 0) is 25.3 Å². The van der Waals surface area contributed by atoms with E-state index in [2.05, 4.69) is 20.6 Å². The van der Waals surface area contributed by atoms with Crippen LogP contribution in [0.1, 0.15) is 24.1 Å². The van der Waals surface area contributed by atoms with Crippen molar-refractivity contribution in [2.45, 2.75) is 32.4 Å². The molecule has 0 spiro atoms. The average Bonchev–Trinajstić information content (AvgIpc) is 3.00. The Bertz CT molecular complexity index is 320. The highest BCUT2D eigenvalue weighted by Crippen LogP contribution is 2.19. The van der Waals surface area contributed by atoms with E-state index in [4.69, 9.17) is 0 Å². The first-order valence-electron chi connectivity index (χ1n) is 5.03. The maximum absolute atomic E-state index is 4.41. The molecule has 76 valence electrons. The van der Waals surface area contributed by atoms with E-state index in [1.54, 1.807) is 0 Å². The number of rotatable bonds is 4. The first-order chi connectivity index (χ1) is 6.79. The summed E-state index contributed by atoms with van der Waals surface area (Å²) in [6.45, 7) is 2.90. The molecule has 1 aromatic rings. The van der Waals surface area contributed by atoms with E-state index in [0.717, 1.165) is 23.8 Å². The molecule has 1 heterocycles. The van der Waals surface area contributed by atoms with E-state index >= 15 is 0 Å². The van der Waals surface area contributed by atoms with Crippen LogP contribution in [0.25, 0.3) is 0 Å². The van der Waals surface area contributed by atoms with Gasteiger partial charge in [0.1, 0.15) is 0 Å². The summed E-state index contributed by atoms with van der Waals surface area (Å²) in [7, 11) is 1.84. The van der Waals surface area contributed by atoms with Crippen LogP contribution >= 0.6 is 0 Å². The zero-order valence-electron chi connectivity index (χ0n) is 8.67. The molecule has 0 radical (unpaired) electrons. The Morgan fingerprint density at radius 2 is 2.29 bits per heavy atom. The summed E-state index contributed by atoms with van der Waals surface area (Å²) < 4.78 is 0. The Hall–Kier alpha value is -1.16. The summed E-state index contributed by atoms with van der Waals surface area (Å²) in [4.78, 5) is 8.56. The van der Waals surface area contributed by atoms with Gasteiger partial charge in [0, 0.05) is 25.8 Å². The van der Waals surface area contributed by atoms with Crippen LogP contribution in [-0.4, -0.2) is 23.1 Å². The summed E-state index contributed by atoms with van der Waals surface area (Å²) in [5, 5.41) is 6.39. The first-order valence-corrected chi connectivity index (χ1v) is 5.03. The van der Waals surface area contributed by atoms with Crippen LogP contribution in [0, 0.1) is 6.92 Å². The zero-order valence-corrected chi connectivity index (χ0v) is 8.67. The molecule has 1 aliphatic carbocycles. The van der Waals surface area contributed by atoms with Crippen LogP contribution in [0.4, 0.5) is 5.95 Å². The van der Waals surface area contributed by atoms with Gasteiger partial charge in [-0.15, -0.1) is 0 Å². The molecule has 0 atom stereocenters. The third kappa shape index (κ3) is 2.20. The van der Waals surface area contributed by atoms with Crippen LogP contribution < -0.4 is 10.6 Å². The average molecular weight is 192 g/mol. The molecule has 0 amide bonds. The highest BCUT2D eigenvalue weighted by atomic mass is 15.1. The Kier molecular flexibility index (Phi) is 2.63. The van der Waals surface area contributed by atoms with Gasteiger partial charge in [-0.3, -0.25) is 0 Å². The van der Waals surface area contributed by atoms with Gasteiger partial charge < -0.3 is 10.6 Å². The quantitative estimate of drug-likeness (QED) is 0.749. The molecule has 2 N–H and O–H groups in total. The van der Waals surface area contributed by atoms with E-state index in [9.17, 15) is 0 Å². The van der Waals surface area contributed by atoms with Crippen LogP contribution in [0.2, 0.25) is 0 Å². The van der Waals surface area contributed by atoms with Crippen molar-refractivity contribution in [1.29, 1.82) is 0 Å². The van der Waals surface area contributed by atoms with Crippen molar-refractivity contribution >= 4 is 5.95 Å². The number of nitrogens with zero attached hydrogens (tertiary/aromatic N) is 2. The number of aryl methyl sites for hydroxylation is 1. The molecule has 2 rings (SSSR count). The number of aromatic nitrogens is 2. The number of nitrogens with one attached hydrogen (secondary N) is 2. The fraction of sp³-hybridized carbons (Fsp3) is 0.600. The molecular formula is C10H16N4. The predicted molar refractivity (Wildman–Crippen MR) is 56.2 cm³/mol. The molecule has 1 fully saturated rings. The Labute approximate surface area is 84.2 Å². The molecule has 0 saturated heterocycles. The minimum absolute atomic E-state index is 0.697.